The first-order valence-electron chi connectivity index (χ1n) is 11.0. The van der Waals surface area contributed by atoms with E-state index in [1.807, 2.05) is 4.90 Å². The highest BCUT2D eigenvalue weighted by Crippen LogP contribution is 2.21. The van der Waals surface area contributed by atoms with E-state index in [2.05, 4.69) is 31.0 Å². The molecule has 0 aliphatic carbocycles. The summed E-state index contributed by atoms with van der Waals surface area (Å²) in [6.45, 7) is 10.4. The molecule has 0 radical (unpaired) electrons. The summed E-state index contributed by atoms with van der Waals surface area (Å²) < 4.78 is 5.65. The lowest BCUT2D eigenvalue weighted by Crippen LogP contribution is -2.55. The molecule has 1 aromatic rings. The summed E-state index contributed by atoms with van der Waals surface area (Å²) in [5.74, 6) is 0.0968. The summed E-state index contributed by atoms with van der Waals surface area (Å²) in [6, 6.07) is 6.74. The van der Waals surface area contributed by atoms with Crippen molar-refractivity contribution in [1.29, 1.82) is 0 Å². The molecule has 2 unspecified atom stereocenters. The van der Waals surface area contributed by atoms with E-state index in [-0.39, 0.29) is 17.9 Å². The summed E-state index contributed by atoms with van der Waals surface area (Å²) in [5.41, 5.74) is 0.515. The van der Waals surface area contributed by atoms with Gasteiger partial charge in [0.2, 0.25) is 5.91 Å². The molecular formula is C23H34ClN3O3. The summed E-state index contributed by atoms with van der Waals surface area (Å²) >= 11 is 5.92. The number of amides is 2. The number of nitrogens with zero attached hydrogens (tertiary/aromatic N) is 2. The lowest BCUT2D eigenvalue weighted by molar-refractivity contribution is -0.135. The Morgan fingerprint density at radius 1 is 1.17 bits per heavy atom. The lowest BCUT2D eigenvalue weighted by Gasteiger charge is -2.42. The Kier molecular flexibility index (Phi) is 8.14. The van der Waals surface area contributed by atoms with Crippen LogP contribution in [0.1, 0.15) is 50.4 Å². The van der Waals surface area contributed by atoms with Crippen LogP contribution >= 0.6 is 11.6 Å². The zero-order valence-corrected chi connectivity index (χ0v) is 19.0. The first kappa shape index (κ1) is 23.0. The zero-order valence-electron chi connectivity index (χ0n) is 18.3. The van der Waals surface area contributed by atoms with Crippen molar-refractivity contribution in [2.45, 2.75) is 58.2 Å². The number of morpholine rings is 1. The third kappa shape index (κ3) is 6.19. The van der Waals surface area contributed by atoms with Gasteiger partial charge in [-0.15, -0.1) is 0 Å². The lowest BCUT2D eigenvalue weighted by atomic mass is 9.98. The normalized spacial score (nSPS) is 22.2. The van der Waals surface area contributed by atoms with E-state index in [4.69, 9.17) is 16.3 Å². The fraction of sp³-hybridized carbons (Fsp3) is 0.652. The number of piperidine rings is 1. The Labute approximate surface area is 184 Å². The van der Waals surface area contributed by atoms with Gasteiger partial charge in [0, 0.05) is 42.8 Å². The quantitative estimate of drug-likeness (QED) is 0.745. The smallest absolute Gasteiger partial charge is 0.251 e. The second-order valence-corrected chi connectivity index (χ2v) is 9.33. The Bertz CT molecular complexity index is 717. The minimum atomic E-state index is -0.506. The van der Waals surface area contributed by atoms with Crippen molar-refractivity contribution in [3.63, 3.8) is 0 Å². The van der Waals surface area contributed by atoms with Crippen LogP contribution in [0, 0.1) is 5.92 Å². The van der Waals surface area contributed by atoms with Crippen LogP contribution in [0.5, 0.6) is 0 Å². The molecule has 0 saturated carbocycles. The first-order chi connectivity index (χ1) is 14.3. The van der Waals surface area contributed by atoms with Gasteiger partial charge in [-0.3, -0.25) is 14.5 Å². The maximum Gasteiger partial charge on any atom is 0.251 e. The zero-order chi connectivity index (χ0) is 21.7. The third-order valence-corrected chi connectivity index (χ3v) is 6.23. The number of halogens is 1. The van der Waals surface area contributed by atoms with Gasteiger partial charge in [-0.1, -0.05) is 25.4 Å². The molecule has 7 heteroatoms. The van der Waals surface area contributed by atoms with Gasteiger partial charge in [-0.2, -0.15) is 0 Å². The van der Waals surface area contributed by atoms with E-state index in [1.54, 1.807) is 24.3 Å². The van der Waals surface area contributed by atoms with Crippen molar-refractivity contribution in [2.75, 3.05) is 32.8 Å². The van der Waals surface area contributed by atoms with Crippen molar-refractivity contribution in [2.24, 2.45) is 5.92 Å². The molecule has 2 aliphatic heterocycles. The Morgan fingerprint density at radius 3 is 2.43 bits per heavy atom. The average Bonchev–Trinajstić information content (AvgIpc) is 2.73. The molecule has 2 saturated heterocycles. The van der Waals surface area contributed by atoms with Crippen LogP contribution in [0.4, 0.5) is 0 Å². The van der Waals surface area contributed by atoms with Crippen LogP contribution in [0.25, 0.3) is 0 Å². The van der Waals surface area contributed by atoms with Gasteiger partial charge in [-0.05, 0) is 56.4 Å². The molecule has 2 fully saturated rings. The van der Waals surface area contributed by atoms with E-state index in [0.29, 0.717) is 29.0 Å². The maximum absolute atomic E-state index is 13.2. The van der Waals surface area contributed by atoms with Gasteiger partial charge in [0.05, 0.1) is 12.7 Å². The largest absolute Gasteiger partial charge is 0.376 e. The molecule has 0 aromatic heterocycles. The number of ether oxygens (including phenoxy) is 1. The number of benzene rings is 1. The minimum Gasteiger partial charge on any atom is -0.376 e. The molecule has 2 amide bonds. The third-order valence-electron chi connectivity index (χ3n) is 5.98. The maximum atomic E-state index is 13.2. The van der Waals surface area contributed by atoms with Crippen molar-refractivity contribution in [3.8, 4) is 0 Å². The van der Waals surface area contributed by atoms with Crippen LogP contribution in [-0.4, -0.2) is 72.6 Å². The summed E-state index contributed by atoms with van der Waals surface area (Å²) in [6.07, 6.45) is 2.84. The van der Waals surface area contributed by atoms with Crippen LogP contribution in [0.15, 0.2) is 24.3 Å². The first-order valence-corrected chi connectivity index (χ1v) is 11.4. The van der Waals surface area contributed by atoms with E-state index < -0.39 is 6.04 Å². The second kappa shape index (κ2) is 10.6. The molecule has 2 atom stereocenters. The number of hydrogen-bond acceptors (Lipinski definition) is 4. The topological polar surface area (TPSA) is 61.9 Å². The monoisotopic (exact) mass is 435 g/mol. The SMILES string of the molecule is CC(C)CC(NC(=O)c1ccc(Cl)cc1)C(=O)N1CCC(N2CCOC(C)C2)CC1. The van der Waals surface area contributed by atoms with Crippen molar-refractivity contribution < 1.29 is 14.3 Å². The van der Waals surface area contributed by atoms with Crippen LogP contribution < -0.4 is 5.32 Å². The molecule has 30 heavy (non-hydrogen) atoms. The summed E-state index contributed by atoms with van der Waals surface area (Å²) in [4.78, 5) is 30.4. The predicted molar refractivity (Wildman–Crippen MR) is 119 cm³/mol. The number of rotatable bonds is 6. The minimum absolute atomic E-state index is 0.0276. The fourth-order valence-corrected chi connectivity index (χ4v) is 4.51. The van der Waals surface area contributed by atoms with Gasteiger partial charge in [-0.25, -0.2) is 0 Å². The molecule has 0 bridgehead atoms. The molecular weight excluding hydrogens is 402 g/mol. The van der Waals surface area contributed by atoms with Gasteiger partial charge in [0.25, 0.3) is 5.91 Å². The number of nitrogens with one attached hydrogen (secondary N) is 1. The Morgan fingerprint density at radius 2 is 1.83 bits per heavy atom. The van der Waals surface area contributed by atoms with Crippen molar-refractivity contribution >= 4 is 23.4 Å². The number of hydrogen-bond donors (Lipinski definition) is 1. The number of likely N-dealkylation sites (tertiary alicyclic amines) is 1. The fourth-order valence-electron chi connectivity index (χ4n) is 4.38. The van der Waals surface area contributed by atoms with Crippen molar-refractivity contribution in [3.05, 3.63) is 34.9 Å². The van der Waals surface area contributed by atoms with Crippen LogP contribution in [-0.2, 0) is 9.53 Å². The highest BCUT2D eigenvalue weighted by atomic mass is 35.5. The van der Waals surface area contributed by atoms with E-state index >= 15 is 0 Å². The molecule has 2 heterocycles. The molecule has 1 N–H and O–H groups in total. The molecule has 166 valence electrons. The second-order valence-electron chi connectivity index (χ2n) is 8.90. The summed E-state index contributed by atoms with van der Waals surface area (Å²) in [5, 5.41) is 3.54. The van der Waals surface area contributed by atoms with Gasteiger partial charge < -0.3 is 15.0 Å². The number of carbonyl (C=O) groups excluding carboxylic acids is 2. The molecule has 3 rings (SSSR count). The van der Waals surface area contributed by atoms with Crippen LogP contribution in [0.3, 0.4) is 0 Å². The van der Waals surface area contributed by atoms with Gasteiger partial charge in [0.15, 0.2) is 0 Å². The standard InChI is InChI=1S/C23H34ClN3O3/c1-16(2)14-21(25-22(28)18-4-6-19(24)7-5-18)23(29)26-10-8-20(9-11-26)27-12-13-30-17(3)15-27/h4-7,16-17,20-21H,8-15H2,1-3H3,(H,25,28). The highest BCUT2D eigenvalue weighted by molar-refractivity contribution is 6.30. The molecule has 1 aromatic carbocycles. The van der Waals surface area contributed by atoms with E-state index in [1.165, 1.54) is 0 Å². The highest BCUT2D eigenvalue weighted by Gasteiger charge is 2.32. The summed E-state index contributed by atoms with van der Waals surface area (Å²) in [7, 11) is 0. The molecule has 0 spiro atoms. The van der Waals surface area contributed by atoms with Crippen molar-refractivity contribution in [1.82, 2.24) is 15.1 Å². The molecule has 2 aliphatic rings. The van der Waals surface area contributed by atoms with E-state index in [0.717, 1.165) is 45.6 Å². The molecule has 6 nitrogen and oxygen atoms in total. The van der Waals surface area contributed by atoms with Crippen LogP contribution in [0.2, 0.25) is 5.02 Å². The van der Waals surface area contributed by atoms with Gasteiger partial charge >= 0.3 is 0 Å². The predicted octanol–water partition coefficient (Wildman–Crippen LogP) is 3.20. The Balaban J connectivity index is 1.58. The number of carbonyl (C=O) groups is 2. The average molecular weight is 436 g/mol. The van der Waals surface area contributed by atoms with E-state index in [9.17, 15) is 9.59 Å². The Hall–Kier alpha value is -1.63. The van der Waals surface area contributed by atoms with Gasteiger partial charge in [0.1, 0.15) is 6.04 Å².